The first kappa shape index (κ1) is 57.4. The van der Waals surface area contributed by atoms with Crippen molar-refractivity contribution in [2.24, 2.45) is 11.8 Å². The highest BCUT2D eigenvalue weighted by Gasteiger charge is 2.19. The number of hydrogen-bond donors (Lipinski definition) is 0. The summed E-state index contributed by atoms with van der Waals surface area (Å²) < 4.78 is 16.8. The van der Waals surface area contributed by atoms with Gasteiger partial charge in [-0.15, -0.1) is 0 Å². The third-order valence-electron chi connectivity index (χ3n) is 12.0. The van der Waals surface area contributed by atoms with E-state index in [0.717, 1.165) is 69.6 Å². The van der Waals surface area contributed by atoms with E-state index in [0.29, 0.717) is 19.3 Å². The van der Waals surface area contributed by atoms with E-state index in [1.807, 2.05) is 0 Å². The third kappa shape index (κ3) is 47.3. The highest BCUT2D eigenvalue weighted by molar-refractivity contribution is 5.71. The maximum Gasteiger partial charge on any atom is 0.306 e. The number of unbranched alkanes of at least 4 members (excludes halogenated alkanes) is 32. The minimum atomic E-state index is -0.761. The van der Waals surface area contributed by atoms with Crippen LogP contribution in [0.4, 0.5) is 0 Å². The van der Waals surface area contributed by atoms with Crippen LogP contribution in [-0.2, 0) is 28.6 Å². The average Bonchev–Trinajstić information content (AvgIpc) is 3.20. The van der Waals surface area contributed by atoms with Crippen LogP contribution in [0.2, 0.25) is 0 Å². The molecular weight excluding hydrogens is 733 g/mol. The topological polar surface area (TPSA) is 78.9 Å². The van der Waals surface area contributed by atoms with Crippen LogP contribution in [-0.4, -0.2) is 37.2 Å². The van der Waals surface area contributed by atoms with Gasteiger partial charge in [0.05, 0.1) is 0 Å². The molecule has 6 heteroatoms. The van der Waals surface area contributed by atoms with Gasteiger partial charge in [-0.25, -0.2) is 0 Å². The van der Waals surface area contributed by atoms with Gasteiger partial charge in [0.15, 0.2) is 6.10 Å². The number of rotatable bonds is 47. The van der Waals surface area contributed by atoms with Crippen LogP contribution < -0.4 is 0 Å². The summed E-state index contributed by atoms with van der Waals surface area (Å²) >= 11 is 0. The number of carbonyl (C=O) groups is 3. The fourth-order valence-electron chi connectivity index (χ4n) is 7.99. The van der Waals surface area contributed by atoms with Gasteiger partial charge in [-0.1, -0.05) is 253 Å². The second-order valence-corrected chi connectivity index (χ2v) is 19.1. The molecule has 0 aliphatic heterocycles. The summed E-state index contributed by atoms with van der Waals surface area (Å²) in [6, 6.07) is 0. The molecule has 0 unspecified atom stereocenters. The Morgan fingerprint density at radius 1 is 0.322 bits per heavy atom. The molecule has 0 aromatic rings. The summed E-state index contributed by atoms with van der Waals surface area (Å²) in [7, 11) is 0. The van der Waals surface area contributed by atoms with E-state index < -0.39 is 6.10 Å². The summed E-state index contributed by atoms with van der Waals surface area (Å²) in [5.74, 6) is 0.795. The maximum atomic E-state index is 12.8. The average molecular weight is 835 g/mol. The van der Waals surface area contributed by atoms with E-state index in [4.69, 9.17) is 14.2 Å². The number of ether oxygens (including phenoxy) is 3. The lowest BCUT2D eigenvalue weighted by atomic mass is 10.0. The molecule has 59 heavy (non-hydrogen) atoms. The van der Waals surface area contributed by atoms with Crippen molar-refractivity contribution in [2.75, 3.05) is 13.2 Å². The van der Waals surface area contributed by atoms with Gasteiger partial charge in [0.1, 0.15) is 13.2 Å². The number of esters is 3. The van der Waals surface area contributed by atoms with Crippen LogP contribution in [0.1, 0.15) is 291 Å². The zero-order valence-electron chi connectivity index (χ0n) is 40.4. The molecule has 0 heterocycles. The van der Waals surface area contributed by atoms with Gasteiger partial charge >= 0.3 is 17.9 Å². The molecule has 0 aromatic heterocycles. The third-order valence-corrected chi connectivity index (χ3v) is 12.0. The molecule has 0 rings (SSSR count). The van der Waals surface area contributed by atoms with Crippen molar-refractivity contribution in [3.8, 4) is 0 Å². The smallest absolute Gasteiger partial charge is 0.306 e. The summed E-state index contributed by atoms with van der Waals surface area (Å²) in [6.45, 7) is 11.4. The molecule has 0 aromatic carbocycles. The Morgan fingerprint density at radius 3 is 0.831 bits per heavy atom. The van der Waals surface area contributed by atoms with E-state index in [1.165, 1.54) is 180 Å². The maximum absolute atomic E-state index is 12.8. The van der Waals surface area contributed by atoms with E-state index in [1.54, 1.807) is 0 Å². The monoisotopic (exact) mass is 835 g/mol. The van der Waals surface area contributed by atoms with Gasteiger partial charge in [-0.05, 0) is 31.1 Å². The molecule has 6 nitrogen and oxygen atoms in total. The minimum absolute atomic E-state index is 0.0637. The summed E-state index contributed by atoms with van der Waals surface area (Å²) in [5.41, 5.74) is 0. The second kappa shape index (κ2) is 45.9. The first-order valence-corrected chi connectivity index (χ1v) is 26.2. The normalized spacial score (nSPS) is 12.1. The zero-order chi connectivity index (χ0) is 43.3. The van der Waals surface area contributed by atoms with Crippen molar-refractivity contribution >= 4 is 17.9 Å². The largest absolute Gasteiger partial charge is 0.462 e. The Hall–Kier alpha value is -1.59. The molecule has 0 aliphatic rings. The lowest BCUT2D eigenvalue weighted by molar-refractivity contribution is -0.167. The minimum Gasteiger partial charge on any atom is -0.462 e. The van der Waals surface area contributed by atoms with E-state index in [-0.39, 0.29) is 31.1 Å². The van der Waals surface area contributed by atoms with Gasteiger partial charge in [-0.3, -0.25) is 14.4 Å². The van der Waals surface area contributed by atoms with Gasteiger partial charge in [0.25, 0.3) is 0 Å². The van der Waals surface area contributed by atoms with E-state index >= 15 is 0 Å². The highest BCUT2D eigenvalue weighted by Crippen LogP contribution is 2.17. The number of hydrogen-bond acceptors (Lipinski definition) is 6. The molecule has 0 N–H and O–H groups in total. The van der Waals surface area contributed by atoms with Crippen LogP contribution >= 0.6 is 0 Å². The van der Waals surface area contributed by atoms with Gasteiger partial charge in [0, 0.05) is 19.3 Å². The Kier molecular flexibility index (Phi) is 44.7. The Bertz CT molecular complexity index is 900. The van der Waals surface area contributed by atoms with Crippen molar-refractivity contribution in [2.45, 2.75) is 298 Å². The summed E-state index contributed by atoms with van der Waals surface area (Å²) in [4.78, 5) is 38.0. The van der Waals surface area contributed by atoms with Crippen LogP contribution in [0.25, 0.3) is 0 Å². The standard InChI is InChI=1S/C53H102O6/c1-6-7-8-9-10-11-12-13-14-19-24-30-35-40-45-53(56)59-50(47-58-52(55)44-39-34-29-25-20-22-27-32-37-42-49(4)5)46-57-51(54)43-38-33-28-23-18-16-15-17-21-26-31-36-41-48(2)3/h48-50H,6-47H2,1-5H3/t50-/m0/s1. The molecule has 0 saturated heterocycles. The molecular formula is C53H102O6. The summed E-state index contributed by atoms with van der Waals surface area (Å²) in [6.07, 6.45) is 46.6. The van der Waals surface area contributed by atoms with Crippen molar-refractivity contribution in [3.05, 3.63) is 0 Å². The molecule has 1 atom stereocenters. The highest BCUT2D eigenvalue weighted by atomic mass is 16.6. The van der Waals surface area contributed by atoms with Gasteiger partial charge in [-0.2, -0.15) is 0 Å². The van der Waals surface area contributed by atoms with Gasteiger partial charge in [0.2, 0.25) is 0 Å². The van der Waals surface area contributed by atoms with Crippen LogP contribution in [0, 0.1) is 11.8 Å². The quantitative estimate of drug-likeness (QED) is 0.0345. The SMILES string of the molecule is CCCCCCCCCCCCCCCCC(=O)O[C@@H](COC(=O)CCCCCCCCCCCCCCC(C)C)COC(=O)CCCCCCCCCCCC(C)C. The van der Waals surface area contributed by atoms with Crippen LogP contribution in [0.3, 0.4) is 0 Å². The fourth-order valence-corrected chi connectivity index (χ4v) is 7.99. The molecule has 0 fully saturated rings. The Labute approximate surface area is 368 Å². The van der Waals surface area contributed by atoms with E-state index in [2.05, 4.69) is 34.6 Å². The lowest BCUT2D eigenvalue weighted by Gasteiger charge is -2.18. The summed E-state index contributed by atoms with van der Waals surface area (Å²) in [5, 5.41) is 0. The zero-order valence-corrected chi connectivity index (χ0v) is 40.4. The molecule has 0 spiro atoms. The Morgan fingerprint density at radius 2 is 0.559 bits per heavy atom. The molecule has 0 radical (unpaired) electrons. The molecule has 0 bridgehead atoms. The predicted molar refractivity (Wildman–Crippen MR) is 252 cm³/mol. The molecule has 0 amide bonds. The van der Waals surface area contributed by atoms with Crippen molar-refractivity contribution in [3.63, 3.8) is 0 Å². The lowest BCUT2D eigenvalue weighted by Crippen LogP contribution is -2.30. The van der Waals surface area contributed by atoms with Crippen molar-refractivity contribution < 1.29 is 28.6 Å². The van der Waals surface area contributed by atoms with Gasteiger partial charge < -0.3 is 14.2 Å². The van der Waals surface area contributed by atoms with Crippen molar-refractivity contribution in [1.29, 1.82) is 0 Å². The predicted octanol–water partition coefficient (Wildman–Crippen LogP) is 16.9. The molecule has 0 saturated carbocycles. The van der Waals surface area contributed by atoms with E-state index in [9.17, 15) is 14.4 Å². The number of carbonyl (C=O) groups excluding carboxylic acids is 3. The molecule has 0 aliphatic carbocycles. The second-order valence-electron chi connectivity index (χ2n) is 19.1. The van der Waals surface area contributed by atoms with Crippen molar-refractivity contribution in [1.82, 2.24) is 0 Å². The first-order valence-electron chi connectivity index (χ1n) is 26.2. The fraction of sp³-hybridized carbons (Fsp3) is 0.943. The Balaban J connectivity index is 4.31. The van der Waals surface area contributed by atoms with Crippen LogP contribution in [0.15, 0.2) is 0 Å². The molecule has 350 valence electrons. The van der Waals surface area contributed by atoms with Crippen LogP contribution in [0.5, 0.6) is 0 Å². The first-order chi connectivity index (χ1) is 28.7.